The number of hydrogen-bond donors (Lipinski definition) is 3. The molecule has 0 unspecified atom stereocenters. The quantitative estimate of drug-likeness (QED) is 0.155. The number of hydrogen-bond acceptors (Lipinski definition) is 5. The third kappa shape index (κ3) is 9.28. The van der Waals surface area contributed by atoms with Gasteiger partial charge in [-0.3, -0.25) is 0 Å². The van der Waals surface area contributed by atoms with E-state index in [9.17, 15) is 0 Å². The molecule has 0 aliphatic heterocycles. The molecular weight excluding hydrogens is 1460 g/mol. The Morgan fingerprint density at radius 2 is 0.496 bits per heavy atom. The van der Waals surface area contributed by atoms with E-state index in [-0.39, 0.29) is 21.7 Å². The van der Waals surface area contributed by atoms with E-state index >= 15 is 0 Å². The van der Waals surface area contributed by atoms with Gasteiger partial charge in [0.25, 0.3) is 0 Å². The molecule has 27 rings (SSSR count). The van der Waals surface area contributed by atoms with Gasteiger partial charge in [0, 0.05) is 87.2 Å². The monoisotopic (exact) mass is 1530 g/mol. The molecule has 119 heavy (non-hydrogen) atoms. The summed E-state index contributed by atoms with van der Waals surface area (Å²) in [5.41, 5.74) is 45.2. The van der Waals surface area contributed by atoms with Crippen molar-refractivity contribution in [1.29, 1.82) is 0 Å². The maximum atomic E-state index is 6.08. The van der Waals surface area contributed by atoms with Crippen LogP contribution in [0.2, 0.25) is 0 Å². The molecule has 20 aromatic rings. The van der Waals surface area contributed by atoms with Gasteiger partial charge < -0.3 is 20.4 Å². The van der Waals surface area contributed by atoms with E-state index in [4.69, 9.17) is 4.42 Å². The predicted octanol–water partition coefficient (Wildman–Crippen LogP) is 29.9. The molecule has 0 saturated carbocycles. The van der Waals surface area contributed by atoms with Gasteiger partial charge >= 0.3 is 0 Å². The van der Waals surface area contributed by atoms with Crippen LogP contribution < -0.4 is 16.0 Å². The molecule has 3 spiro atoms. The summed E-state index contributed by atoms with van der Waals surface area (Å²) in [5, 5.41) is 16.5. The minimum Gasteiger partial charge on any atom is -0.456 e. The molecule has 2 heterocycles. The highest BCUT2D eigenvalue weighted by molar-refractivity contribution is 7.25. The van der Waals surface area contributed by atoms with Crippen molar-refractivity contribution in [2.75, 3.05) is 16.0 Å². The third-order valence-electron chi connectivity index (χ3n) is 27.2. The zero-order chi connectivity index (χ0) is 78.5. The zero-order valence-electron chi connectivity index (χ0n) is 65.4. The van der Waals surface area contributed by atoms with Gasteiger partial charge in [0.15, 0.2) is 0 Å². The number of para-hydroxylation sites is 1. The van der Waals surface area contributed by atoms with Crippen molar-refractivity contribution >= 4 is 87.6 Å². The SMILES string of the molecule is CC1(C)c2ccccc2-c2ccc(Nc3cccc4c3-c3ccccc3C43c4ccccc4-c4ccccc43)cc21.c1ccc2c(c1)-c1ccccc1C21c2ccccc2-c2c(Nc3ccc4c(c3)sc3ccccc34)cccc21.c1ccc2c(c1)-c1ccccc1C21c2ccccc2-c2c(Nc3ccc4oc5ccccc5c4c3)cccc21. The van der Waals surface area contributed by atoms with Crippen molar-refractivity contribution in [2.45, 2.75) is 35.5 Å². The molecule has 7 aliphatic carbocycles. The number of anilines is 6. The second-order valence-corrected chi connectivity index (χ2v) is 34.4. The van der Waals surface area contributed by atoms with E-state index in [1.807, 2.05) is 23.5 Å². The first-order valence-electron chi connectivity index (χ1n) is 41.4. The van der Waals surface area contributed by atoms with Crippen LogP contribution in [-0.2, 0) is 21.7 Å². The van der Waals surface area contributed by atoms with Gasteiger partial charge in [-0.05, 0) is 212 Å². The molecule has 7 aliphatic rings. The van der Waals surface area contributed by atoms with Crippen molar-refractivity contribution in [3.8, 4) is 77.9 Å². The van der Waals surface area contributed by atoms with Gasteiger partial charge in [-0.1, -0.05) is 341 Å². The summed E-state index contributed by atoms with van der Waals surface area (Å²) >= 11 is 1.86. The summed E-state index contributed by atoms with van der Waals surface area (Å²) < 4.78 is 8.72. The van der Waals surface area contributed by atoms with E-state index in [0.29, 0.717) is 0 Å². The van der Waals surface area contributed by atoms with Crippen molar-refractivity contribution in [3.63, 3.8) is 0 Å². The van der Waals surface area contributed by atoms with Crippen LogP contribution >= 0.6 is 11.3 Å². The average molecular weight is 1530 g/mol. The maximum absolute atomic E-state index is 6.08. The summed E-state index contributed by atoms with van der Waals surface area (Å²) in [6, 6.07) is 147. The number of furan rings is 1. The molecule has 0 atom stereocenters. The topological polar surface area (TPSA) is 49.2 Å². The molecule has 0 saturated heterocycles. The van der Waals surface area contributed by atoms with Crippen molar-refractivity contribution in [2.24, 2.45) is 0 Å². The van der Waals surface area contributed by atoms with E-state index in [1.54, 1.807) is 0 Å². The first kappa shape index (κ1) is 67.7. The molecule has 3 N–H and O–H groups in total. The Balaban J connectivity index is 0.0000000992. The molecule has 558 valence electrons. The lowest BCUT2D eigenvalue weighted by Crippen LogP contribution is -2.25. The maximum Gasteiger partial charge on any atom is 0.135 e. The number of thiophene rings is 1. The first-order valence-corrected chi connectivity index (χ1v) is 42.3. The van der Waals surface area contributed by atoms with Crippen molar-refractivity contribution in [1.82, 2.24) is 0 Å². The lowest BCUT2D eigenvalue weighted by atomic mass is 9.70. The summed E-state index contributed by atoms with van der Waals surface area (Å²) in [7, 11) is 0. The number of nitrogens with one attached hydrogen (secondary N) is 3. The Bertz CT molecular complexity index is 7590. The smallest absolute Gasteiger partial charge is 0.135 e. The van der Waals surface area contributed by atoms with Gasteiger partial charge in [0.05, 0.1) is 16.2 Å². The minimum atomic E-state index is -0.332. The van der Waals surface area contributed by atoms with Gasteiger partial charge in [-0.25, -0.2) is 0 Å². The normalized spacial score (nSPS) is 14.4. The molecular formula is C114H75N3OS. The molecule has 4 nitrogen and oxygen atoms in total. The van der Waals surface area contributed by atoms with Crippen molar-refractivity contribution < 1.29 is 4.42 Å². The molecule has 18 aromatic carbocycles. The largest absolute Gasteiger partial charge is 0.456 e. The number of fused-ring (bicyclic) bond motifs is 39. The van der Waals surface area contributed by atoms with Crippen LogP contribution in [0.3, 0.4) is 0 Å². The molecule has 0 bridgehead atoms. The summed E-state index contributed by atoms with van der Waals surface area (Å²) in [6.45, 7) is 4.69. The van der Waals surface area contributed by atoms with E-state index in [0.717, 1.165) is 56.1 Å². The number of benzene rings is 18. The molecule has 0 radical (unpaired) electrons. The van der Waals surface area contributed by atoms with E-state index in [1.165, 1.54) is 176 Å². The van der Waals surface area contributed by atoms with Crippen LogP contribution in [0.4, 0.5) is 34.1 Å². The highest BCUT2D eigenvalue weighted by Crippen LogP contribution is 2.68. The standard InChI is InChI=1S/C40H29N.C37H23NO.C37H23NS/c1-39(2)31-16-7-3-12-26(31)29-23-22-25(24-36(29)39)41-37-21-11-20-35-38(37)30-15-6-10-19-34(30)40(35)32-17-8-4-13-27(32)28-14-5-9-18-33(28)40;1-5-14-29-24(10-1)25-11-2-6-15-30(25)37(29)31-16-7-3-13-27(31)36-32(37)17-9-18-33(36)38-23-20-21-35-28(22-23)26-12-4-8-19-34(26)39-35;1-5-14-29-24(10-1)25-11-2-6-15-30(25)37(29)31-16-7-3-13-28(31)36-32(37)17-9-18-33(36)38-23-20-21-27-26-12-4-8-19-34(26)39-35(27)22-23/h3-24,41H,1-2H3;2*1-22,38H. The highest BCUT2D eigenvalue weighted by Gasteiger charge is 2.55. The lowest BCUT2D eigenvalue weighted by molar-refractivity contribution is 0.660. The van der Waals surface area contributed by atoms with Gasteiger partial charge in [-0.2, -0.15) is 0 Å². The molecule has 0 amide bonds. The Labute approximate surface area is 694 Å². The van der Waals surface area contributed by atoms with Crippen molar-refractivity contribution in [3.05, 3.63) is 478 Å². The lowest BCUT2D eigenvalue weighted by Gasteiger charge is -2.30. The fourth-order valence-corrected chi connectivity index (χ4v) is 23.7. The molecule has 0 fully saturated rings. The zero-order valence-corrected chi connectivity index (χ0v) is 66.2. The summed E-state index contributed by atoms with van der Waals surface area (Å²) in [6.07, 6.45) is 0. The van der Waals surface area contributed by atoms with Gasteiger partial charge in [-0.15, -0.1) is 11.3 Å². The Morgan fingerprint density at radius 3 is 0.933 bits per heavy atom. The second kappa shape index (κ2) is 25.4. The Hall–Kier alpha value is -14.6. The van der Waals surface area contributed by atoms with Crippen LogP contribution in [-0.4, -0.2) is 0 Å². The average Bonchev–Trinajstić information content (AvgIpc) is 1.52. The Morgan fingerprint density at radius 1 is 0.202 bits per heavy atom. The fourth-order valence-electron chi connectivity index (χ4n) is 22.6. The van der Waals surface area contributed by atoms with Crippen LogP contribution in [0.25, 0.3) is 120 Å². The Kier molecular flexibility index (Phi) is 14.5. The van der Waals surface area contributed by atoms with Crippen LogP contribution in [0.15, 0.2) is 405 Å². The van der Waals surface area contributed by atoms with Crippen LogP contribution in [0.5, 0.6) is 0 Å². The third-order valence-corrected chi connectivity index (χ3v) is 28.4. The highest BCUT2D eigenvalue weighted by atomic mass is 32.1. The van der Waals surface area contributed by atoms with E-state index in [2.05, 4.69) is 418 Å². The molecule has 2 aromatic heterocycles. The molecule has 5 heteroatoms. The first-order chi connectivity index (χ1) is 58.8. The summed E-state index contributed by atoms with van der Waals surface area (Å²) in [4.78, 5) is 0. The predicted molar refractivity (Wildman–Crippen MR) is 495 cm³/mol. The second-order valence-electron chi connectivity index (χ2n) is 33.3. The number of rotatable bonds is 6. The van der Waals surface area contributed by atoms with Crippen LogP contribution in [0.1, 0.15) is 91.7 Å². The van der Waals surface area contributed by atoms with Gasteiger partial charge in [0.1, 0.15) is 11.2 Å². The summed E-state index contributed by atoms with van der Waals surface area (Å²) in [5.74, 6) is 0. The van der Waals surface area contributed by atoms with Crippen LogP contribution in [0, 0.1) is 0 Å². The van der Waals surface area contributed by atoms with Gasteiger partial charge in [0.2, 0.25) is 0 Å². The van der Waals surface area contributed by atoms with E-state index < -0.39 is 0 Å². The minimum absolute atomic E-state index is 0.0316. The fraction of sp³-hybridized carbons (Fsp3) is 0.0526.